The molecule has 0 saturated carbocycles. The summed E-state index contributed by atoms with van der Waals surface area (Å²) >= 11 is 3.47. The van der Waals surface area contributed by atoms with Crippen LogP contribution in [0.15, 0.2) is 10.5 Å². The highest BCUT2D eigenvalue weighted by atomic mass is 79.9. The Bertz CT molecular complexity index is 471. The number of benzene rings is 1. The molecule has 19 heavy (non-hydrogen) atoms. The fourth-order valence-corrected chi connectivity index (χ4v) is 2.83. The number of rotatable bonds is 6. The third kappa shape index (κ3) is 3.41. The summed E-state index contributed by atoms with van der Waals surface area (Å²) in [7, 11) is 3.18. The van der Waals surface area contributed by atoms with Crippen molar-refractivity contribution >= 4 is 21.9 Å². The number of hydrogen-bond donors (Lipinski definition) is 1. The molecule has 0 fully saturated rings. The van der Waals surface area contributed by atoms with Crippen LogP contribution in [0.3, 0.4) is 0 Å². The third-order valence-corrected chi connectivity index (χ3v) is 3.79. The Morgan fingerprint density at radius 3 is 2.26 bits per heavy atom. The zero-order valence-corrected chi connectivity index (χ0v) is 13.2. The summed E-state index contributed by atoms with van der Waals surface area (Å²) < 4.78 is 11.5. The van der Waals surface area contributed by atoms with Crippen molar-refractivity contribution in [1.82, 2.24) is 0 Å². The molecule has 0 bridgehead atoms. The Hall–Kier alpha value is -1.23. The first-order chi connectivity index (χ1) is 8.96. The summed E-state index contributed by atoms with van der Waals surface area (Å²) in [6.45, 7) is 3.71. The molecule has 0 spiro atoms. The van der Waals surface area contributed by atoms with Gasteiger partial charge >= 0.3 is 5.97 Å². The van der Waals surface area contributed by atoms with Gasteiger partial charge in [0.15, 0.2) is 0 Å². The second kappa shape index (κ2) is 6.80. The van der Waals surface area contributed by atoms with Gasteiger partial charge in [-0.15, -0.1) is 0 Å². The van der Waals surface area contributed by atoms with Crippen LogP contribution in [-0.2, 0) is 17.6 Å². The number of aliphatic carboxylic acids is 1. The highest BCUT2D eigenvalue weighted by Gasteiger charge is 2.20. The minimum Gasteiger partial charge on any atom is -0.495 e. The molecule has 1 rings (SSSR count). The fourth-order valence-electron chi connectivity index (χ4n) is 2.00. The number of methoxy groups -OCH3 is 2. The van der Waals surface area contributed by atoms with Crippen LogP contribution in [0.4, 0.5) is 0 Å². The van der Waals surface area contributed by atoms with Crippen LogP contribution in [0.25, 0.3) is 0 Å². The number of carbonyl (C=O) groups is 1. The van der Waals surface area contributed by atoms with E-state index in [4.69, 9.17) is 14.6 Å². The lowest BCUT2D eigenvalue weighted by molar-refractivity contribution is -0.141. The fraction of sp³-hybridized carbons (Fsp3) is 0.500. The van der Waals surface area contributed by atoms with E-state index in [0.717, 1.165) is 27.8 Å². The number of carboxylic acids is 1. The van der Waals surface area contributed by atoms with Crippen molar-refractivity contribution in [2.24, 2.45) is 5.92 Å². The van der Waals surface area contributed by atoms with E-state index in [1.54, 1.807) is 21.1 Å². The molecule has 0 heterocycles. The van der Waals surface area contributed by atoms with Crippen molar-refractivity contribution in [1.29, 1.82) is 0 Å². The van der Waals surface area contributed by atoms with E-state index in [1.165, 1.54) is 0 Å². The highest BCUT2D eigenvalue weighted by Crippen LogP contribution is 2.41. The van der Waals surface area contributed by atoms with Gasteiger partial charge in [-0.05, 0) is 46.0 Å². The number of hydrogen-bond acceptors (Lipinski definition) is 3. The summed E-state index contributed by atoms with van der Waals surface area (Å²) in [6.07, 6.45) is 1.23. The lowest BCUT2D eigenvalue weighted by Gasteiger charge is -2.18. The first kappa shape index (κ1) is 15.8. The van der Waals surface area contributed by atoms with Gasteiger partial charge in [-0.3, -0.25) is 4.79 Å². The topological polar surface area (TPSA) is 55.8 Å². The van der Waals surface area contributed by atoms with Crippen molar-refractivity contribution in [2.75, 3.05) is 14.2 Å². The van der Waals surface area contributed by atoms with Crippen LogP contribution in [0, 0.1) is 5.92 Å². The lowest BCUT2D eigenvalue weighted by atomic mass is 9.97. The van der Waals surface area contributed by atoms with Crippen LogP contribution in [-0.4, -0.2) is 25.3 Å². The Kier molecular flexibility index (Phi) is 5.66. The van der Waals surface area contributed by atoms with Crippen molar-refractivity contribution in [3.05, 3.63) is 21.7 Å². The molecule has 0 radical (unpaired) electrons. The molecule has 1 N–H and O–H groups in total. The van der Waals surface area contributed by atoms with Gasteiger partial charge in [0.2, 0.25) is 0 Å². The third-order valence-electron chi connectivity index (χ3n) is 3.07. The molecule has 1 aromatic rings. The van der Waals surface area contributed by atoms with Crippen molar-refractivity contribution in [2.45, 2.75) is 26.7 Å². The van der Waals surface area contributed by atoms with Crippen LogP contribution >= 0.6 is 15.9 Å². The lowest BCUT2D eigenvalue weighted by Crippen LogP contribution is -2.13. The largest absolute Gasteiger partial charge is 0.495 e. The maximum absolute atomic E-state index is 11.0. The van der Waals surface area contributed by atoms with E-state index in [-0.39, 0.29) is 0 Å². The SMILES string of the molecule is CCc1cc(CC(C)C(=O)O)c(OC)c(Br)c1OC. The molecule has 5 heteroatoms. The average molecular weight is 331 g/mol. The summed E-state index contributed by atoms with van der Waals surface area (Å²) in [5, 5.41) is 9.03. The van der Waals surface area contributed by atoms with Crippen LogP contribution in [0.2, 0.25) is 0 Å². The Balaban J connectivity index is 3.30. The van der Waals surface area contributed by atoms with E-state index in [9.17, 15) is 4.79 Å². The van der Waals surface area contributed by atoms with Crippen molar-refractivity contribution in [3.63, 3.8) is 0 Å². The van der Waals surface area contributed by atoms with Gasteiger partial charge in [0.05, 0.1) is 20.1 Å². The van der Waals surface area contributed by atoms with E-state index < -0.39 is 11.9 Å². The molecule has 0 amide bonds. The highest BCUT2D eigenvalue weighted by molar-refractivity contribution is 9.10. The molecule has 0 aliphatic heterocycles. The van der Waals surface area contributed by atoms with E-state index >= 15 is 0 Å². The minimum atomic E-state index is -0.813. The average Bonchev–Trinajstić information content (AvgIpc) is 2.38. The zero-order valence-electron chi connectivity index (χ0n) is 11.6. The summed E-state index contributed by atoms with van der Waals surface area (Å²) in [5.41, 5.74) is 1.91. The van der Waals surface area contributed by atoms with E-state index in [1.807, 2.05) is 13.0 Å². The standard InChI is InChI=1S/C14H19BrO4/c1-5-9-7-10(6-8(2)14(16)17)13(19-4)11(15)12(9)18-3/h7-8H,5-6H2,1-4H3,(H,16,17). The first-order valence-corrected chi connectivity index (χ1v) is 6.90. The predicted molar refractivity (Wildman–Crippen MR) is 77.1 cm³/mol. The molecule has 0 aliphatic rings. The van der Waals surface area contributed by atoms with Gasteiger partial charge in [-0.1, -0.05) is 13.8 Å². The van der Waals surface area contributed by atoms with Crippen molar-refractivity contribution < 1.29 is 19.4 Å². The molecular weight excluding hydrogens is 312 g/mol. The van der Waals surface area contributed by atoms with Gasteiger partial charge in [-0.25, -0.2) is 0 Å². The summed E-state index contributed by atoms with van der Waals surface area (Å²) in [5.74, 6) is 0.110. The molecule has 106 valence electrons. The summed E-state index contributed by atoms with van der Waals surface area (Å²) in [4.78, 5) is 11.0. The molecule has 0 saturated heterocycles. The van der Waals surface area contributed by atoms with Crippen molar-refractivity contribution in [3.8, 4) is 11.5 Å². The Labute approximate surface area is 121 Å². The zero-order chi connectivity index (χ0) is 14.6. The molecule has 1 aromatic carbocycles. The predicted octanol–water partition coefficient (Wildman–Crippen LogP) is 3.29. The number of ether oxygens (including phenoxy) is 2. The van der Waals surface area contributed by atoms with Gasteiger partial charge in [-0.2, -0.15) is 0 Å². The van der Waals surface area contributed by atoms with Gasteiger partial charge in [0.25, 0.3) is 0 Å². The number of aryl methyl sites for hydroxylation is 1. The van der Waals surface area contributed by atoms with E-state index in [0.29, 0.717) is 12.2 Å². The summed E-state index contributed by atoms with van der Waals surface area (Å²) in [6, 6.07) is 1.96. The van der Waals surface area contributed by atoms with Gasteiger partial charge in [0.1, 0.15) is 16.0 Å². The molecule has 0 aliphatic carbocycles. The van der Waals surface area contributed by atoms with Crippen LogP contribution in [0.5, 0.6) is 11.5 Å². The second-order valence-corrected chi connectivity index (χ2v) is 5.17. The van der Waals surface area contributed by atoms with Crippen LogP contribution in [0.1, 0.15) is 25.0 Å². The van der Waals surface area contributed by atoms with Gasteiger partial charge in [0, 0.05) is 0 Å². The van der Waals surface area contributed by atoms with Crippen LogP contribution < -0.4 is 9.47 Å². The number of carboxylic acid groups (broad SMARTS) is 1. The molecule has 4 nitrogen and oxygen atoms in total. The maximum Gasteiger partial charge on any atom is 0.306 e. The molecule has 1 atom stereocenters. The van der Waals surface area contributed by atoms with Gasteiger partial charge < -0.3 is 14.6 Å². The Morgan fingerprint density at radius 1 is 1.32 bits per heavy atom. The molecule has 0 aromatic heterocycles. The quantitative estimate of drug-likeness (QED) is 0.869. The minimum absolute atomic E-state index is 0.425. The molecule has 1 unspecified atom stereocenters. The first-order valence-electron chi connectivity index (χ1n) is 6.11. The Morgan fingerprint density at radius 2 is 1.84 bits per heavy atom. The number of halogens is 1. The monoisotopic (exact) mass is 330 g/mol. The second-order valence-electron chi connectivity index (χ2n) is 4.37. The molecular formula is C14H19BrO4. The maximum atomic E-state index is 11.0. The smallest absolute Gasteiger partial charge is 0.306 e. The van der Waals surface area contributed by atoms with E-state index in [2.05, 4.69) is 15.9 Å². The normalized spacial score (nSPS) is 12.1.